The molecule has 2 aromatic carbocycles. The van der Waals surface area contributed by atoms with Gasteiger partial charge in [0.25, 0.3) is 5.91 Å². The van der Waals surface area contributed by atoms with E-state index >= 15 is 0 Å². The summed E-state index contributed by atoms with van der Waals surface area (Å²) in [5, 5.41) is 7.24. The SMILES string of the molecule is Cc1cc(CNC(=O)c2cccc(COc3ccc(C(C)C)cc3)c2)n(C)n1. The monoisotopic (exact) mass is 377 g/mol. The maximum atomic E-state index is 12.5. The third-order valence-electron chi connectivity index (χ3n) is 4.67. The molecule has 0 saturated carbocycles. The van der Waals surface area contributed by atoms with E-state index in [2.05, 4.69) is 36.4 Å². The van der Waals surface area contributed by atoms with Gasteiger partial charge in [0.1, 0.15) is 12.4 Å². The van der Waals surface area contributed by atoms with Crippen LogP contribution in [-0.4, -0.2) is 15.7 Å². The lowest BCUT2D eigenvalue weighted by atomic mass is 10.0. The van der Waals surface area contributed by atoms with Crippen LogP contribution in [-0.2, 0) is 20.2 Å². The molecular weight excluding hydrogens is 350 g/mol. The molecule has 5 heteroatoms. The first kappa shape index (κ1) is 19.7. The second-order valence-corrected chi connectivity index (χ2v) is 7.30. The van der Waals surface area contributed by atoms with E-state index in [4.69, 9.17) is 4.74 Å². The Hall–Kier alpha value is -3.08. The van der Waals surface area contributed by atoms with Gasteiger partial charge in [0.15, 0.2) is 0 Å². The Bertz CT molecular complexity index is 943. The highest BCUT2D eigenvalue weighted by Gasteiger charge is 2.09. The average Bonchev–Trinajstić information content (AvgIpc) is 3.02. The first-order valence-corrected chi connectivity index (χ1v) is 9.52. The van der Waals surface area contributed by atoms with Crippen molar-refractivity contribution in [3.05, 3.63) is 82.7 Å². The predicted octanol–water partition coefficient (Wildman–Crippen LogP) is 4.36. The van der Waals surface area contributed by atoms with E-state index in [1.807, 2.05) is 56.4 Å². The third-order valence-corrected chi connectivity index (χ3v) is 4.67. The number of nitrogens with zero attached hydrogens (tertiary/aromatic N) is 2. The molecule has 0 bridgehead atoms. The highest BCUT2D eigenvalue weighted by Crippen LogP contribution is 2.19. The van der Waals surface area contributed by atoms with Crippen molar-refractivity contribution in [2.45, 2.75) is 39.8 Å². The van der Waals surface area contributed by atoms with Crippen molar-refractivity contribution in [1.29, 1.82) is 0 Å². The summed E-state index contributed by atoms with van der Waals surface area (Å²) in [6.07, 6.45) is 0. The largest absolute Gasteiger partial charge is 0.489 e. The molecule has 0 fully saturated rings. The van der Waals surface area contributed by atoms with Gasteiger partial charge < -0.3 is 10.1 Å². The minimum absolute atomic E-state index is 0.109. The number of carbonyl (C=O) groups excluding carboxylic acids is 1. The van der Waals surface area contributed by atoms with Crippen LogP contribution in [0.25, 0.3) is 0 Å². The maximum Gasteiger partial charge on any atom is 0.251 e. The number of nitrogens with one attached hydrogen (secondary N) is 1. The van der Waals surface area contributed by atoms with Gasteiger partial charge in [0.2, 0.25) is 0 Å². The van der Waals surface area contributed by atoms with Crippen LogP contribution in [0.1, 0.15) is 52.6 Å². The Morgan fingerprint density at radius 1 is 1.14 bits per heavy atom. The first-order valence-electron chi connectivity index (χ1n) is 9.52. The predicted molar refractivity (Wildman–Crippen MR) is 110 cm³/mol. The number of aromatic nitrogens is 2. The van der Waals surface area contributed by atoms with Crippen LogP contribution >= 0.6 is 0 Å². The number of benzene rings is 2. The van der Waals surface area contributed by atoms with Gasteiger partial charge in [-0.25, -0.2) is 0 Å². The maximum absolute atomic E-state index is 12.5. The van der Waals surface area contributed by atoms with Gasteiger partial charge in [-0.05, 0) is 54.3 Å². The summed E-state index contributed by atoms with van der Waals surface area (Å²) >= 11 is 0. The molecule has 0 aliphatic rings. The van der Waals surface area contributed by atoms with Crippen molar-refractivity contribution in [2.24, 2.45) is 7.05 Å². The van der Waals surface area contributed by atoms with Crippen LogP contribution in [0.2, 0.25) is 0 Å². The van der Waals surface area contributed by atoms with Crippen LogP contribution < -0.4 is 10.1 Å². The Labute approximate surface area is 166 Å². The smallest absolute Gasteiger partial charge is 0.251 e. The molecular formula is C23H27N3O2. The molecule has 1 heterocycles. The lowest BCUT2D eigenvalue weighted by Gasteiger charge is -2.10. The van der Waals surface area contributed by atoms with E-state index in [0.717, 1.165) is 22.7 Å². The molecule has 1 amide bonds. The zero-order chi connectivity index (χ0) is 20.1. The fraction of sp³-hybridized carbons (Fsp3) is 0.304. The van der Waals surface area contributed by atoms with Crippen molar-refractivity contribution in [2.75, 3.05) is 0 Å². The molecule has 3 rings (SSSR count). The quantitative estimate of drug-likeness (QED) is 0.665. The third kappa shape index (κ3) is 5.00. The lowest BCUT2D eigenvalue weighted by molar-refractivity contribution is 0.0950. The Morgan fingerprint density at radius 3 is 2.54 bits per heavy atom. The average molecular weight is 377 g/mol. The molecule has 28 heavy (non-hydrogen) atoms. The van der Waals surface area contributed by atoms with Gasteiger partial charge in [0.05, 0.1) is 17.9 Å². The van der Waals surface area contributed by atoms with Crippen LogP contribution in [0.15, 0.2) is 54.6 Å². The lowest BCUT2D eigenvalue weighted by Crippen LogP contribution is -2.24. The summed E-state index contributed by atoms with van der Waals surface area (Å²) in [6, 6.07) is 17.6. The molecule has 0 atom stereocenters. The number of rotatable bonds is 7. The summed E-state index contributed by atoms with van der Waals surface area (Å²) in [7, 11) is 1.88. The van der Waals surface area contributed by atoms with Gasteiger partial charge in [-0.2, -0.15) is 5.10 Å². The molecule has 0 aliphatic heterocycles. The van der Waals surface area contributed by atoms with Crippen molar-refractivity contribution >= 4 is 5.91 Å². The van der Waals surface area contributed by atoms with Crippen molar-refractivity contribution in [3.63, 3.8) is 0 Å². The summed E-state index contributed by atoms with van der Waals surface area (Å²) in [6.45, 7) is 7.14. The minimum atomic E-state index is -0.109. The van der Waals surface area contributed by atoms with Crippen LogP contribution in [0.5, 0.6) is 5.75 Å². The van der Waals surface area contributed by atoms with E-state index < -0.39 is 0 Å². The molecule has 1 N–H and O–H groups in total. The molecule has 3 aromatic rings. The fourth-order valence-electron chi connectivity index (χ4n) is 3.02. The van der Waals surface area contributed by atoms with Gasteiger partial charge in [-0.1, -0.05) is 38.1 Å². The number of carbonyl (C=O) groups is 1. The second kappa shape index (κ2) is 8.74. The summed E-state index contributed by atoms with van der Waals surface area (Å²) in [4.78, 5) is 12.5. The molecule has 0 saturated heterocycles. The minimum Gasteiger partial charge on any atom is -0.489 e. The number of hydrogen-bond acceptors (Lipinski definition) is 3. The molecule has 0 spiro atoms. The number of ether oxygens (including phenoxy) is 1. The molecule has 5 nitrogen and oxygen atoms in total. The zero-order valence-electron chi connectivity index (χ0n) is 16.9. The van der Waals surface area contributed by atoms with Gasteiger partial charge in [-0.15, -0.1) is 0 Å². The van der Waals surface area contributed by atoms with Crippen LogP contribution in [0.4, 0.5) is 0 Å². The van der Waals surface area contributed by atoms with Crippen LogP contribution in [0, 0.1) is 6.92 Å². The van der Waals surface area contributed by atoms with Crippen molar-refractivity contribution in [3.8, 4) is 5.75 Å². The standard InChI is InChI=1S/C23H27N3O2/c1-16(2)19-8-10-22(11-9-19)28-15-18-6-5-7-20(13-18)23(27)24-14-21-12-17(3)25-26(21)4/h5-13,16H,14-15H2,1-4H3,(H,24,27). The fourth-order valence-corrected chi connectivity index (χ4v) is 3.02. The Kier molecular flexibility index (Phi) is 6.14. The molecule has 0 unspecified atom stereocenters. The van der Waals surface area contributed by atoms with Crippen LogP contribution in [0.3, 0.4) is 0 Å². The van der Waals surface area contributed by atoms with Crippen molar-refractivity contribution < 1.29 is 9.53 Å². The number of amides is 1. The number of aryl methyl sites for hydroxylation is 2. The summed E-state index contributed by atoms with van der Waals surface area (Å²) < 4.78 is 7.65. The van der Waals surface area contributed by atoms with E-state index in [1.54, 1.807) is 4.68 Å². The number of hydrogen-bond donors (Lipinski definition) is 1. The van der Waals surface area contributed by atoms with Gasteiger partial charge in [-0.3, -0.25) is 9.48 Å². The van der Waals surface area contributed by atoms with E-state index in [-0.39, 0.29) is 5.91 Å². The summed E-state index contributed by atoms with van der Waals surface area (Å²) in [5.74, 6) is 1.22. The zero-order valence-corrected chi connectivity index (χ0v) is 16.9. The van der Waals surface area contributed by atoms with E-state index in [1.165, 1.54) is 5.56 Å². The normalized spacial score (nSPS) is 10.9. The van der Waals surface area contributed by atoms with E-state index in [9.17, 15) is 4.79 Å². The highest BCUT2D eigenvalue weighted by atomic mass is 16.5. The first-order chi connectivity index (χ1) is 13.4. The van der Waals surface area contributed by atoms with Gasteiger partial charge in [0, 0.05) is 12.6 Å². The van der Waals surface area contributed by atoms with Gasteiger partial charge >= 0.3 is 0 Å². The Morgan fingerprint density at radius 2 is 1.89 bits per heavy atom. The second-order valence-electron chi connectivity index (χ2n) is 7.30. The highest BCUT2D eigenvalue weighted by molar-refractivity contribution is 5.94. The molecule has 0 aliphatic carbocycles. The summed E-state index contributed by atoms with van der Waals surface area (Å²) in [5.41, 5.74) is 4.77. The molecule has 1 aromatic heterocycles. The van der Waals surface area contributed by atoms with E-state index in [0.29, 0.717) is 24.6 Å². The van der Waals surface area contributed by atoms with Crippen molar-refractivity contribution in [1.82, 2.24) is 15.1 Å². The Balaban J connectivity index is 1.58. The molecule has 0 radical (unpaired) electrons. The topological polar surface area (TPSA) is 56.1 Å². The molecule has 146 valence electrons.